The van der Waals surface area contributed by atoms with Crippen molar-refractivity contribution in [3.05, 3.63) is 47.0 Å². The minimum atomic E-state index is -0.337. The quantitative estimate of drug-likeness (QED) is 0.245. The van der Waals surface area contributed by atoms with Crippen LogP contribution in [0.1, 0.15) is 68.6 Å². The molecular formula is C21H27ClNOS2Y-. The number of rotatable bonds is 9. The summed E-state index contributed by atoms with van der Waals surface area (Å²) in [4.78, 5) is 4.22. The van der Waals surface area contributed by atoms with Gasteiger partial charge >= 0.3 is 0 Å². The maximum atomic E-state index is 10.3. The number of thioether (sulfide) groups is 1. The van der Waals surface area contributed by atoms with Gasteiger partial charge in [-0.2, -0.15) is 11.8 Å². The van der Waals surface area contributed by atoms with E-state index >= 15 is 0 Å². The molecule has 1 aromatic heterocycles. The third-order valence-electron chi connectivity index (χ3n) is 5.36. The Balaban J connectivity index is 0.00000261. The van der Waals surface area contributed by atoms with Crippen molar-refractivity contribution < 1.29 is 37.8 Å². The topological polar surface area (TPSA) is 33.1 Å². The van der Waals surface area contributed by atoms with Gasteiger partial charge in [-0.3, -0.25) is 0 Å². The van der Waals surface area contributed by atoms with Gasteiger partial charge in [0.05, 0.1) is 6.10 Å². The molecule has 27 heavy (non-hydrogen) atoms. The summed E-state index contributed by atoms with van der Waals surface area (Å²) in [6, 6.07) is 8.63. The van der Waals surface area contributed by atoms with Crippen LogP contribution in [0.4, 0.5) is 0 Å². The number of aliphatic hydroxyl groups is 1. The number of hydrogen-bond acceptors (Lipinski definition) is 4. The zero-order chi connectivity index (χ0) is 18.4. The van der Waals surface area contributed by atoms with Crippen molar-refractivity contribution in [3.8, 4) is 0 Å². The van der Waals surface area contributed by atoms with Crippen molar-refractivity contribution in [3.63, 3.8) is 0 Å². The van der Waals surface area contributed by atoms with Crippen LogP contribution >= 0.6 is 34.7 Å². The minimum absolute atomic E-state index is 0. The Hall–Kier alpha value is 0.554. The van der Waals surface area contributed by atoms with Gasteiger partial charge < -0.3 is 10.1 Å². The van der Waals surface area contributed by atoms with E-state index in [0.29, 0.717) is 11.8 Å². The first-order valence-electron chi connectivity index (χ1n) is 9.55. The summed E-state index contributed by atoms with van der Waals surface area (Å²) in [5.41, 5.74) is 2.41. The Morgan fingerprint density at radius 3 is 2.78 bits per heavy atom. The second-order valence-corrected chi connectivity index (χ2v) is 9.83. The largest absolute Gasteiger partial charge is 0.437 e. The molecule has 1 aliphatic rings. The SMILES string of the molecule is CCCCC(O)c1ccc(C2CCC(Cl)C2CCSc2n[c-]cs2)cc1.[Y]. The number of aromatic nitrogens is 1. The van der Waals surface area contributed by atoms with Gasteiger partial charge in [-0.1, -0.05) is 49.4 Å². The summed E-state index contributed by atoms with van der Waals surface area (Å²) < 4.78 is 1.09. The van der Waals surface area contributed by atoms with E-state index in [1.165, 1.54) is 5.56 Å². The molecule has 4 unspecified atom stereocenters. The molecule has 0 aliphatic heterocycles. The number of hydrogen-bond donors (Lipinski definition) is 1. The van der Waals surface area contributed by atoms with Gasteiger partial charge in [0.1, 0.15) is 0 Å². The third kappa shape index (κ3) is 6.79. The molecule has 145 valence electrons. The van der Waals surface area contributed by atoms with Gasteiger partial charge in [0.25, 0.3) is 0 Å². The first-order chi connectivity index (χ1) is 12.7. The van der Waals surface area contributed by atoms with Crippen LogP contribution in [0.25, 0.3) is 0 Å². The van der Waals surface area contributed by atoms with E-state index in [-0.39, 0.29) is 44.2 Å². The summed E-state index contributed by atoms with van der Waals surface area (Å²) in [5.74, 6) is 2.10. The Morgan fingerprint density at radius 1 is 1.33 bits per heavy atom. The maximum absolute atomic E-state index is 10.3. The first-order valence-corrected chi connectivity index (χ1v) is 11.9. The predicted octanol–water partition coefficient (Wildman–Crippen LogP) is 6.45. The summed E-state index contributed by atoms with van der Waals surface area (Å²) in [7, 11) is 0. The number of benzene rings is 1. The molecule has 1 aliphatic carbocycles. The van der Waals surface area contributed by atoms with Crippen molar-refractivity contribution in [1.29, 1.82) is 0 Å². The van der Waals surface area contributed by atoms with Gasteiger partial charge in [-0.25, -0.2) is 11.3 Å². The van der Waals surface area contributed by atoms with Gasteiger partial charge in [0, 0.05) is 38.1 Å². The van der Waals surface area contributed by atoms with Crippen molar-refractivity contribution in [2.75, 3.05) is 5.75 Å². The molecule has 1 heterocycles. The molecule has 0 saturated heterocycles. The molecule has 0 amide bonds. The Kier molecular flexibility index (Phi) is 10.9. The number of alkyl halides is 1. The molecule has 1 aromatic carbocycles. The molecule has 2 aromatic rings. The summed E-state index contributed by atoms with van der Waals surface area (Å²) in [5, 5.41) is 12.4. The molecule has 6 heteroatoms. The van der Waals surface area contributed by atoms with Crippen LogP contribution in [0.5, 0.6) is 0 Å². The van der Waals surface area contributed by atoms with Crippen LogP contribution in [-0.2, 0) is 32.7 Å². The minimum Gasteiger partial charge on any atom is -0.437 e. The molecule has 0 spiro atoms. The fraction of sp³-hybridized carbons (Fsp3) is 0.571. The van der Waals surface area contributed by atoms with Crippen LogP contribution in [0, 0.1) is 12.1 Å². The Labute approximate surface area is 201 Å². The van der Waals surface area contributed by atoms with E-state index in [4.69, 9.17) is 11.6 Å². The van der Waals surface area contributed by atoms with Crippen molar-refractivity contribution in [2.24, 2.45) is 5.92 Å². The zero-order valence-electron chi connectivity index (χ0n) is 15.8. The molecule has 1 saturated carbocycles. The Bertz CT molecular complexity index is 653. The van der Waals surface area contributed by atoms with E-state index in [2.05, 4.69) is 42.4 Å². The van der Waals surface area contributed by atoms with E-state index < -0.39 is 0 Å². The third-order valence-corrected chi connectivity index (χ3v) is 7.84. The molecule has 1 radical (unpaired) electrons. The van der Waals surface area contributed by atoms with Crippen LogP contribution in [0.2, 0.25) is 0 Å². The van der Waals surface area contributed by atoms with E-state index in [9.17, 15) is 5.11 Å². The summed E-state index contributed by atoms with van der Waals surface area (Å²) >= 11 is 10.1. The summed E-state index contributed by atoms with van der Waals surface area (Å²) in [6.45, 7) is 2.16. The van der Waals surface area contributed by atoms with Crippen LogP contribution in [-0.4, -0.2) is 21.2 Å². The first kappa shape index (κ1) is 23.8. The Morgan fingerprint density at radius 2 is 2.11 bits per heavy atom. The number of nitrogens with zero attached hydrogens (tertiary/aromatic N) is 1. The standard InChI is InChI=1S/C21H27ClNOS2.Y/c1-2-3-4-20(24)16-7-5-15(6-8-16)17-9-10-19(22)18(17)11-13-25-21-23-12-14-26-21;/h5-8,14,17-20,24H,2-4,9-11,13H2,1H3;/q-1;. The molecule has 4 atom stereocenters. The molecule has 3 rings (SSSR count). The normalized spacial score (nSPS) is 23.1. The molecule has 0 bridgehead atoms. The number of thiazole rings is 1. The average Bonchev–Trinajstić information content (AvgIpc) is 3.30. The average molecular weight is 498 g/mol. The van der Waals surface area contributed by atoms with Crippen LogP contribution in [0.15, 0.2) is 34.0 Å². The fourth-order valence-corrected chi connectivity index (χ4v) is 5.96. The monoisotopic (exact) mass is 497 g/mol. The second kappa shape index (κ2) is 12.3. The van der Waals surface area contributed by atoms with Crippen molar-refractivity contribution in [2.45, 2.75) is 67.2 Å². The smallest absolute Gasteiger partial charge is 0.0790 e. The maximum Gasteiger partial charge on any atom is 0.0790 e. The fourth-order valence-electron chi connectivity index (χ4n) is 3.88. The number of halogens is 1. The molecule has 1 fully saturated rings. The van der Waals surface area contributed by atoms with Gasteiger partial charge in [0.2, 0.25) is 0 Å². The second-order valence-electron chi connectivity index (χ2n) is 7.07. The van der Waals surface area contributed by atoms with E-state index in [0.717, 1.165) is 54.2 Å². The van der Waals surface area contributed by atoms with Gasteiger partial charge in [0.15, 0.2) is 0 Å². The molecule has 2 nitrogen and oxygen atoms in total. The van der Waals surface area contributed by atoms with E-state index in [1.54, 1.807) is 11.3 Å². The van der Waals surface area contributed by atoms with Crippen LogP contribution in [0.3, 0.4) is 0 Å². The van der Waals surface area contributed by atoms with E-state index in [1.807, 2.05) is 17.1 Å². The van der Waals surface area contributed by atoms with Crippen LogP contribution < -0.4 is 0 Å². The molecule has 1 N–H and O–H groups in total. The molecular weight excluding hydrogens is 471 g/mol. The summed E-state index contributed by atoms with van der Waals surface area (Å²) in [6.07, 6.45) is 8.94. The predicted molar refractivity (Wildman–Crippen MR) is 112 cm³/mol. The van der Waals surface area contributed by atoms with Gasteiger partial charge in [-0.05, 0) is 58.7 Å². The number of aliphatic hydroxyl groups excluding tert-OH is 1. The van der Waals surface area contributed by atoms with Crippen molar-refractivity contribution in [1.82, 2.24) is 4.98 Å². The van der Waals surface area contributed by atoms with Gasteiger partial charge in [-0.15, -0.1) is 17.8 Å². The van der Waals surface area contributed by atoms with Crippen molar-refractivity contribution >= 4 is 34.7 Å². The zero-order valence-corrected chi connectivity index (χ0v) is 21.0. The number of unbranched alkanes of at least 4 members (excludes halogenated alkanes) is 1.